The summed E-state index contributed by atoms with van der Waals surface area (Å²) in [6, 6.07) is 15.0. The molecular weight excluding hydrogens is 350 g/mol. The van der Waals surface area contributed by atoms with Crippen LogP contribution in [-0.4, -0.2) is 39.3 Å². The molecule has 2 aromatic heterocycles. The Morgan fingerprint density at radius 2 is 1.79 bits per heavy atom. The van der Waals surface area contributed by atoms with Gasteiger partial charge in [-0.25, -0.2) is 9.31 Å². The van der Waals surface area contributed by atoms with Crippen LogP contribution in [0, 0.1) is 0 Å². The number of hydrogen-bond acceptors (Lipinski definition) is 3. The maximum Gasteiger partial charge on any atom is 0.410 e. The van der Waals surface area contributed by atoms with Crippen LogP contribution in [0.25, 0.3) is 16.6 Å². The molecule has 0 spiro atoms. The van der Waals surface area contributed by atoms with Crippen LogP contribution in [-0.2, 0) is 4.74 Å². The minimum Gasteiger partial charge on any atom is -0.444 e. The SMILES string of the molecule is CC(C)(C)OC(=O)N1CCC(c2ccc(-c3cc4cccnn4c3)cc2)CC1. The van der Waals surface area contributed by atoms with Crippen LogP contribution in [0.4, 0.5) is 4.79 Å². The zero-order valence-corrected chi connectivity index (χ0v) is 16.8. The zero-order chi connectivity index (χ0) is 19.7. The second kappa shape index (κ2) is 7.30. The van der Waals surface area contributed by atoms with Crippen molar-refractivity contribution in [2.45, 2.75) is 45.1 Å². The number of nitrogens with zero attached hydrogens (tertiary/aromatic N) is 3. The Balaban J connectivity index is 1.40. The third-order valence-corrected chi connectivity index (χ3v) is 5.24. The second-order valence-corrected chi connectivity index (χ2v) is 8.49. The second-order valence-electron chi connectivity index (χ2n) is 8.49. The Morgan fingerprint density at radius 1 is 1.07 bits per heavy atom. The van der Waals surface area contributed by atoms with E-state index in [-0.39, 0.29) is 6.09 Å². The summed E-state index contributed by atoms with van der Waals surface area (Å²) in [5.74, 6) is 0.488. The van der Waals surface area contributed by atoms with Gasteiger partial charge < -0.3 is 9.64 Å². The summed E-state index contributed by atoms with van der Waals surface area (Å²) in [6.07, 6.45) is 5.60. The van der Waals surface area contributed by atoms with Crippen molar-refractivity contribution in [3.8, 4) is 11.1 Å². The Kier molecular flexibility index (Phi) is 4.84. The fraction of sp³-hybridized carbons (Fsp3) is 0.391. The first-order valence-corrected chi connectivity index (χ1v) is 9.91. The monoisotopic (exact) mass is 377 g/mol. The average molecular weight is 377 g/mol. The fourth-order valence-corrected chi connectivity index (χ4v) is 3.77. The molecule has 28 heavy (non-hydrogen) atoms. The highest BCUT2D eigenvalue weighted by molar-refractivity contribution is 5.70. The maximum absolute atomic E-state index is 12.2. The number of benzene rings is 1. The van der Waals surface area contributed by atoms with Crippen molar-refractivity contribution in [2.24, 2.45) is 0 Å². The molecule has 1 aromatic carbocycles. The van der Waals surface area contributed by atoms with Gasteiger partial charge in [-0.15, -0.1) is 0 Å². The molecule has 5 heteroatoms. The largest absolute Gasteiger partial charge is 0.444 e. The van der Waals surface area contributed by atoms with Crippen LogP contribution in [0.5, 0.6) is 0 Å². The molecule has 1 fully saturated rings. The van der Waals surface area contributed by atoms with Crippen LogP contribution in [0.1, 0.15) is 45.1 Å². The van der Waals surface area contributed by atoms with Gasteiger partial charge >= 0.3 is 6.09 Å². The Morgan fingerprint density at radius 3 is 2.43 bits per heavy atom. The predicted molar refractivity (Wildman–Crippen MR) is 110 cm³/mol. The summed E-state index contributed by atoms with van der Waals surface area (Å²) >= 11 is 0. The van der Waals surface area contributed by atoms with E-state index in [1.807, 2.05) is 36.3 Å². The van der Waals surface area contributed by atoms with E-state index in [1.165, 1.54) is 16.7 Å². The van der Waals surface area contributed by atoms with E-state index >= 15 is 0 Å². The quantitative estimate of drug-likeness (QED) is 0.623. The smallest absolute Gasteiger partial charge is 0.410 e. The maximum atomic E-state index is 12.2. The lowest BCUT2D eigenvalue weighted by Gasteiger charge is -2.33. The van der Waals surface area contributed by atoms with Crippen molar-refractivity contribution >= 4 is 11.6 Å². The minimum absolute atomic E-state index is 0.198. The van der Waals surface area contributed by atoms with E-state index in [0.29, 0.717) is 5.92 Å². The highest BCUT2D eigenvalue weighted by Crippen LogP contribution is 2.31. The number of likely N-dealkylation sites (tertiary alicyclic amines) is 1. The van der Waals surface area contributed by atoms with Crippen LogP contribution in [0.3, 0.4) is 0 Å². The molecule has 1 aliphatic rings. The summed E-state index contributed by atoms with van der Waals surface area (Å²) in [6.45, 7) is 7.21. The van der Waals surface area contributed by atoms with Crippen LogP contribution in [0.15, 0.2) is 54.9 Å². The van der Waals surface area contributed by atoms with Gasteiger partial charge in [0, 0.05) is 31.0 Å². The molecule has 0 atom stereocenters. The fourth-order valence-electron chi connectivity index (χ4n) is 3.77. The molecule has 1 amide bonds. The normalized spacial score (nSPS) is 15.8. The summed E-state index contributed by atoms with van der Waals surface area (Å²) in [7, 11) is 0. The number of carbonyl (C=O) groups excluding carboxylic acids is 1. The molecule has 5 nitrogen and oxygen atoms in total. The summed E-state index contributed by atoms with van der Waals surface area (Å²) in [5.41, 5.74) is 4.36. The van der Waals surface area contributed by atoms with Crippen LogP contribution in [0.2, 0.25) is 0 Å². The highest BCUT2D eigenvalue weighted by atomic mass is 16.6. The Labute approximate surface area is 165 Å². The van der Waals surface area contributed by atoms with E-state index in [4.69, 9.17) is 4.74 Å². The van der Waals surface area contributed by atoms with E-state index in [1.54, 1.807) is 6.20 Å². The van der Waals surface area contributed by atoms with Crippen LogP contribution < -0.4 is 0 Å². The van der Waals surface area contributed by atoms with Gasteiger partial charge in [-0.1, -0.05) is 24.3 Å². The lowest BCUT2D eigenvalue weighted by Crippen LogP contribution is -2.41. The van der Waals surface area contributed by atoms with Gasteiger partial charge in [-0.05, 0) is 68.9 Å². The average Bonchev–Trinajstić information content (AvgIpc) is 3.11. The predicted octanol–water partition coefficient (Wildman–Crippen LogP) is 5.12. The summed E-state index contributed by atoms with van der Waals surface area (Å²) in [4.78, 5) is 14.1. The number of amides is 1. The summed E-state index contributed by atoms with van der Waals surface area (Å²) < 4.78 is 7.39. The van der Waals surface area contributed by atoms with Crippen molar-refractivity contribution in [3.63, 3.8) is 0 Å². The molecule has 1 saturated heterocycles. The highest BCUT2D eigenvalue weighted by Gasteiger charge is 2.27. The zero-order valence-electron chi connectivity index (χ0n) is 16.8. The molecule has 3 heterocycles. The van der Waals surface area contributed by atoms with Gasteiger partial charge in [-0.3, -0.25) is 0 Å². The first-order valence-electron chi connectivity index (χ1n) is 9.91. The number of carbonyl (C=O) groups is 1. The van der Waals surface area contributed by atoms with Crippen LogP contribution >= 0.6 is 0 Å². The molecular formula is C23H27N3O2. The molecule has 0 radical (unpaired) electrons. The number of ether oxygens (including phenoxy) is 1. The lowest BCUT2D eigenvalue weighted by molar-refractivity contribution is 0.0205. The van der Waals surface area contributed by atoms with Gasteiger partial charge in [0.05, 0.1) is 5.52 Å². The lowest BCUT2D eigenvalue weighted by atomic mass is 9.89. The van der Waals surface area contributed by atoms with Gasteiger partial charge in [0.1, 0.15) is 5.60 Å². The van der Waals surface area contributed by atoms with Crippen molar-refractivity contribution < 1.29 is 9.53 Å². The first-order chi connectivity index (χ1) is 13.4. The standard InChI is InChI=1S/C23H27N3O2/c1-23(2,3)28-22(27)25-13-10-19(11-14-25)17-6-8-18(9-7-17)20-15-21-5-4-12-24-26(21)16-20/h4-9,12,15-16,19H,10-11,13-14H2,1-3H3. The molecule has 0 saturated carbocycles. The molecule has 0 bridgehead atoms. The van der Waals surface area contributed by atoms with E-state index in [9.17, 15) is 4.79 Å². The van der Waals surface area contributed by atoms with Crippen molar-refractivity contribution in [1.82, 2.24) is 14.5 Å². The van der Waals surface area contributed by atoms with E-state index in [0.717, 1.165) is 31.4 Å². The molecule has 0 aliphatic carbocycles. The number of piperidine rings is 1. The third-order valence-electron chi connectivity index (χ3n) is 5.24. The van der Waals surface area contributed by atoms with Gasteiger partial charge in [0.15, 0.2) is 0 Å². The van der Waals surface area contributed by atoms with Gasteiger partial charge in [0.25, 0.3) is 0 Å². The Bertz CT molecular complexity index is 928. The van der Waals surface area contributed by atoms with Crippen molar-refractivity contribution in [1.29, 1.82) is 0 Å². The molecule has 146 valence electrons. The number of hydrogen-bond donors (Lipinski definition) is 0. The van der Waals surface area contributed by atoms with Gasteiger partial charge in [0.2, 0.25) is 0 Å². The molecule has 4 rings (SSSR count). The molecule has 1 aliphatic heterocycles. The number of aromatic nitrogens is 2. The van der Waals surface area contributed by atoms with Gasteiger partial charge in [-0.2, -0.15) is 5.10 Å². The Hall–Kier alpha value is -2.82. The number of rotatable bonds is 2. The topological polar surface area (TPSA) is 46.8 Å². The number of fused-ring (bicyclic) bond motifs is 1. The molecule has 3 aromatic rings. The van der Waals surface area contributed by atoms with E-state index in [2.05, 4.69) is 47.7 Å². The molecule has 0 unspecified atom stereocenters. The third kappa shape index (κ3) is 4.03. The van der Waals surface area contributed by atoms with E-state index < -0.39 is 5.60 Å². The first kappa shape index (κ1) is 18.5. The van der Waals surface area contributed by atoms with Crippen molar-refractivity contribution in [3.05, 3.63) is 60.4 Å². The van der Waals surface area contributed by atoms with Crippen molar-refractivity contribution in [2.75, 3.05) is 13.1 Å². The summed E-state index contributed by atoms with van der Waals surface area (Å²) in [5, 5.41) is 4.34. The molecule has 0 N–H and O–H groups in total. The minimum atomic E-state index is -0.441.